The molecule has 1 atom stereocenters. The van der Waals surface area contributed by atoms with Crippen LogP contribution in [0.2, 0.25) is 0 Å². The lowest BCUT2D eigenvalue weighted by molar-refractivity contribution is -0.305. The number of ether oxygens (including phenoxy) is 1. The average molecular weight is 326 g/mol. The van der Waals surface area contributed by atoms with E-state index in [1.807, 2.05) is 0 Å². The lowest BCUT2D eigenvalue weighted by Gasteiger charge is -2.24. The minimum atomic E-state index is -5.95. The molecule has 22 heavy (non-hydrogen) atoms. The second-order valence-corrected chi connectivity index (χ2v) is 4.65. The highest BCUT2D eigenvalue weighted by molar-refractivity contribution is 5.91. The van der Waals surface area contributed by atoms with Gasteiger partial charge in [0.1, 0.15) is 6.61 Å². The van der Waals surface area contributed by atoms with Crippen LogP contribution in [-0.4, -0.2) is 38.3 Å². The summed E-state index contributed by atoms with van der Waals surface area (Å²) in [5, 5.41) is 0. The highest BCUT2D eigenvalue weighted by Crippen LogP contribution is 2.46. The third-order valence-electron chi connectivity index (χ3n) is 3.13. The van der Waals surface area contributed by atoms with Crippen molar-refractivity contribution in [2.75, 3.05) is 25.1 Å². The first kappa shape index (κ1) is 16.4. The molecule has 0 aliphatic carbocycles. The summed E-state index contributed by atoms with van der Waals surface area (Å²) in [6.07, 6.45) is -9.42. The van der Waals surface area contributed by atoms with Gasteiger partial charge >= 0.3 is 12.1 Å². The molecule has 1 aromatic carbocycles. The number of hydrogen-bond donors (Lipinski definition) is 0. The molecule has 9 heteroatoms. The van der Waals surface area contributed by atoms with Crippen molar-refractivity contribution in [3.8, 4) is 0 Å². The minimum absolute atomic E-state index is 0.296. The maximum Gasteiger partial charge on any atom is 0.456 e. The van der Waals surface area contributed by atoms with Gasteiger partial charge in [-0.1, -0.05) is 12.1 Å². The Labute approximate surface area is 122 Å². The molecule has 0 amide bonds. The minimum Gasteiger partial charge on any atom is -0.463 e. The summed E-state index contributed by atoms with van der Waals surface area (Å²) >= 11 is 0. The van der Waals surface area contributed by atoms with Gasteiger partial charge in [-0.2, -0.15) is 22.0 Å². The standard InChI is InChI=1S/C13H12F6N2O/c1-21(11-20-6-7-22-11)9-4-2-8(3-5-9)10(14)12(15,16)13(17,18)19/h2-5,10H,6-7H2,1H3. The van der Waals surface area contributed by atoms with Crippen molar-refractivity contribution in [3.05, 3.63) is 29.8 Å². The fourth-order valence-electron chi connectivity index (χ4n) is 1.86. The second kappa shape index (κ2) is 5.69. The molecule has 3 nitrogen and oxygen atoms in total. The molecular weight excluding hydrogens is 314 g/mol. The first-order chi connectivity index (χ1) is 10.1. The number of nitrogens with zero attached hydrogens (tertiary/aromatic N) is 2. The highest BCUT2D eigenvalue weighted by Gasteiger charge is 2.63. The zero-order chi connectivity index (χ0) is 16.5. The summed E-state index contributed by atoms with van der Waals surface area (Å²) in [4.78, 5) is 5.50. The van der Waals surface area contributed by atoms with E-state index in [0.717, 1.165) is 12.1 Å². The lowest BCUT2D eigenvalue weighted by atomic mass is 10.0. The predicted octanol–water partition coefficient (Wildman–Crippen LogP) is 3.72. The molecule has 1 aromatic rings. The molecule has 0 bridgehead atoms. The number of alkyl halides is 6. The fraction of sp³-hybridized carbons (Fsp3) is 0.462. The number of benzene rings is 1. The van der Waals surface area contributed by atoms with Gasteiger partial charge in [0.05, 0.1) is 6.54 Å². The fourth-order valence-corrected chi connectivity index (χ4v) is 1.86. The molecule has 1 aliphatic heterocycles. The van der Waals surface area contributed by atoms with Crippen molar-refractivity contribution in [1.82, 2.24) is 0 Å². The van der Waals surface area contributed by atoms with Crippen LogP contribution in [0.3, 0.4) is 0 Å². The van der Waals surface area contributed by atoms with E-state index in [2.05, 4.69) is 4.99 Å². The van der Waals surface area contributed by atoms with Crippen LogP contribution in [0.5, 0.6) is 0 Å². The topological polar surface area (TPSA) is 24.8 Å². The molecule has 1 aliphatic rings. The van der Waals surface area contributed by atoms with Crippen LogP contribution in [0.25, 0.3) is 0 Å². The van der Waals surface area contributed by atoms with Gasteiger partial charge in [0.2, 0.25) is 0 Å². The summed E-state index contributed by atoms with van der Waals surface area (Å²) in [7, 11) is 1.58. The number of rotatable bonds is 3. The third-order valence-corrected chi connectivity index (χ3v) is 3.13. The van der Waals surface area contributed by atoms with Crippen molar-refractivity contribution in [2.45, 2.75) is 18.3 Å². The Bertz CT molecular complexity index is 555. The van der Waals surface area contributed by atoms with Gasteiger partial charge in [0.25, 0.3) is 6.02 Å². The number of anilines is 1. The van der Waals surface area contributed by atoms with Crippen LogP contribution < -0.4 is 4.90 Å². The average Bonchev–Trinajstić information content (AvgIpc) is 2.99. The molecule has 0 N–H and O–H groups in total. The normalized spacial score (nSPS) is 17.0. The quantitative estimate of drug-likeness (QED) is 0.791. The Morgan fingerprint density at radius 1 is 1.14 bits per heavy atom. The Balaban J connectivity index is 2.18. The van der Waals surface area contributed by atoms with Gasteiger partial charge in [-0.15, -0.1) is 0 Å². The van der Waals surface area contributed by atoms with Crippen LogP contribution in [-0.2, 0) is 4.74 Å². The summed E-state index contributed by atoms with van der Waals surface area (Å²) in [5.74, 6) is -5.45. The highest BCUT2D eigenvalue weighted by atomic mass is 19.4. The van der Waals surface area contributed by atoms with Crippen molar-refractivity contribution in [1.29, 1.82) is 0 Å². The molecule has 0 saturated heterocycles. The van der Waals surface area contributed by atoms with E-state index in [1.165, 1.54) is 17.0 Å². The van der Waals surface area contributed by atoms with E-state index in [1.54, 1.807) is 7.05 Å². The molecule has 0 spiro atoms. The lowest BCUT2D eigenvalue weighted by Crippen LogP contribution is -2.40. The molecule has 1 unspecified atom stereocenters. The van der Waals surface area contributed by atoms with Crippen molar-refractivity contribution in [3.63, 3.8) is 0 Å². The Morgan fingerprint density at radius 3 is 2.18 bits per heavy atom. The zero-order valence-electron chi connectivity index (χ0n) is 11.4. The van der Waals surface area contributed by atoms with Gasteiger partial charge in [0, 0.05) is 12.7 Å². The van der Waals surface area contributed by atoms with E-state index in [-0.39, 0.29) is 0 Å². The van der Waals surface area contributed by atoms with E-state index in [0.29, 0.717) is 24.9 Å². The van der Waals surface area contributed by atoms with E-state index < -0.39 is 23.8 Å². The Morgan fingerprint density at radius 2 is 1.73 bits per heavy atom. The SMILES string of the molecule is CN(C1=NCCO1)c1ccc(C(F)C(F)(F)C(F)(F)F)cc1. The van der Waals surface area contributed by atoms with Crippen LogP contribution in [0, 0.1) is 0 Å². The maximum absolute atomic E-state index is 13.5. The van der Waals surface area contributed by atoms with Gasteiger partial charge in [-0.25, -0.2) is 9.38 Å². The monoisotopic (exact) mass is 326 g/mol. The number of aliphatic imine (C=N–C) groups is 1. The molecule has 0 fully saturated rings. The van der Waals surface area contributed by atoms with Crippen molar-refractivity contribution < 1.29 is 31.1 Å². The molecule has 1 heterocycles. The summed E-state index contributed by atoms with van der Waals surface area (Å²) in [6.45, 7) is 0.879. The summed E-state index contributed by atoms with van der Waals surface area (Å²) in [6, 6.07) is 4.50. The smallest absolute Gasteiger partial charge is 0.456 e. The Hall–Kier alpha value is -1.93. The predicted molar refractivity (Wildman–Crippen MR) is 68.0 cm³/mol. The summed E-state index contributed by atoms with van der Waals surface area (Å²) in [5.41, 5.74) is -0.333. The van der Waals surface area contributed by atoms with Crippen LogP contribution in [0.1, 0.15) is 11.7 Å². The third kappa shape index (κ3) is 2.97. The van der Waals surface area contributed by atoms with E-state index in [9.17, 15) is 26.3 Å². The Kier molecular flexibility index (Phi) is 4.25. The van der Waals surface area contributed by atoms with Crippen molar-refractivity contribution in [2.24, 2.45) is 4.99 Å². The maximum atomic E-state index is 13.5. The summed E-state index contributed by atoms with van der Waals surface area (Å²) < 4.78 is 81.1. The number of halogens is 6. The molecule has 0 aromatic heterocycles. The van der Waals surface area contributed by atoms with Gasteiger partial charge in [-0.3, -0.25) is 4.90 Å². The molecule has 0 saturated carbocycles. The molecule has 0 radical (unpaired) electrons. The van der Waals surface area contributed by atoms with E-state index >= 15 is 0 Å². The number of amidine groups is 1. The van der Waals surface area contributed by atoms with Crippen LogP contribution in [0.15, 0.2) is 29.3 Å². The van der Waals surface area contributed by atoms with Crippen molar-refractivity contribution >= 4 is 11.7 Å². The number of hydrogen-bond acceptors (Lipinski definition) is 3. The van der Waals surface area contributed by atoms with Crippen LogP contribution >= 0.6 is 0 Å². The zero-order valence-corrected chi connectivity index (χ0v) is 11.4. The van der Waals surface area contributed by atoms with Gasteiger partial charge < -0.3 is 4.74 Å². The molecule has 122 valence electrons. The first-order valence-electron chi connectivity index (χ1n) is 6.24. The molecule has 2 rings (SSSR count). The van der Waals surface area contributed by atoms with E-state index in [4.69, 9.17) is 4.74 Å². The largest absolute Gasteiger partial charge is 0.463 e. The van der Waals surface area contributed by atoms with Gasteiger partial charge in [0.15, 0.2) is 6.17 Å². The van der Waals surface area contributed by atoms with Gasteiger partial charge in [-0.05, 0) is 17.7 Å². The molecular formula is C13H12F6N2O. The van der Waals surface area contributed by atoms with Crippen LogP contribution in [0.4, 0.5) is 32.0 Å². The first-order valence-corrected chi connectivity index (χ1v) is 6.24. The second-order valence-electron chi connectivity index (χ2n) is 4.65.